The Kier molecular flexibility index (Phi) is 6.09. The molecule has 29 heavy (non-hydrogen) atoms. The van der Waals surface area contributed by atoms with E-state index >= 15 is 0 Å². The standard InChI is InChI=1S/C23H24ClN3O2/c1-25(2)18-12-8-16(9-13-18)22(17-10-14-19(15-11-17)26(3)4)23-20(24)6-5-7-21(23)27(28)29/h5-15,22H,1-4H3. The highest BCUT2D eigenvalue weighted by Crippen LogP contribution is 2.41. The maximum absolute atomic E-state index is 11.8. The first-order chi connectivity index (χ1) is 13.8. The van der Waals surface area contributed by atoms with E-state index in [1.165, 1.54) is 6.07 Å². The molecule has 0 aliphatic carbocycles. The van der Waals surface area contributed by atoms with Gasteiger partial charge in [-0.25, -0.2) is 0 Å². The predicted octanol–water partition coefficient (Wildman–Crippen LogP) is 5.56. The molecule has 0 saturated carbocycles. The van der Waals surface area contributed by atoms with Gasteiger partial charge in [0.15, 0.2) is 0 Å². The molecular weight excluding hydrogens is 386 g/mol. The first kappa shape index (κ1) is 20.7. The lowest BCUT2D eigenvalue weighted by molar-refractivity contribution is -0.385. The van der Waals surface area contributed by atoms with Gasteiger partial charge in [0.05, 0.1) is 15.5 Å². The van der Waals surface area contributed by atoms with E-state index in [1.54, 1.807) is 12.1 Å². The summed E-state index contributed by atoms with van der Waals surface area (Å²) in [6.07, 6.45) is 0. The second-order valence-corrected chi connectivity index (χ2v) is 7.74. The highest BCUT2D eigenvalue weighted by Gasteiger charge is 2.28. The van der Waals surface area contributed by atoms with Crippen molar-refractivity contribution in [3.05, 3.63) is 98.6 Å². The Morgan fingerprint density at radius 1 is 0.793 bits per heavy atom. The van der Waals surface area contributed by atoms with Crippen LogP contribution in [0.2, 0.25) is 5.02 Å². The van der Waals surface area contributed by atoms with E-state index in [0.29, 0.717) is 10.6 Å². The molecule has 6 heteroatoms. The van der Waals surface area contributed by atoms with E-state index in [0.717, 1.165) is 22.5 Å². The van der Waals surface area contributed by atoms with E-state index in [2.05, 4.69) is 0 Å². The molecule has 0 N–H and O–H groups in total. The minimum atomic E-state index is -0.364. The average molecular weight is 410 g/mol. The van der Waals surface area contributed by atoms with Crippen LogP contribution in [-0.2, 0) is 0 Å². The predicted molar refractivity (Wildman–Crippen MR) is 121 cm³/mol. The largest absolute Gasteiger partial charge is 0.378 e. The first-order valence-corrected chi connectivity index (χ1v) is 9.64. The summed E-state index contributed by atoms with van der Waals surface area (Å²) in [4.78, 5) is 15.4. The van der Waals surface area contributed by atoms with Crippen LogP contribution >= 0.6 is 11.6 Å². The van der Waals surface area contributed by atoms with Crippen molar-refractivity contribution in [3.8, 4) is 0 Å². The molecule has 0 saturated heterocycles. The maximum Gasteiger partial charge on any atom is 0.275 e. The number of hydrogen-bond donors (Lipinski definition) is 0. The lowest BCUT2D eigenvalue weighted by Crippen LogP contribution is -2.11. The van der Waals surface area contributed by atoms with Gasteiger partial charge >= 0.3 is 0 Å². The number of nitro groups is 1. The van der Waals surface area contributed by atoms with Gasteiger partial charge in [0.2, 0.25) is 0 Å². The second-order valence-electron chi connectivity index (χ2n) is 7.33. The monoisotopic (exact) mass is 409 g/mol. The lowest BCUT2D eigenvalue weighted by atomic mass is 9.84. The first-order valence-electron chi connectivity index (χ1n) is 9.27. The quantitative estimate of drug-likeness (QED) is 0.304. The Morgan fingerprint density at radius 2 is 1.24 bits per heavy atom. The number of nitro benzene ring substituents is 1. The number of benzene rings is 3. The van der Waals surface area contributed by atoms with Crippen molar-refractivity contribution in [3.63, 3.8) is 0 Å². The van der Waals surface area contributed by atoms with Gasteiger partial charge < -0.3 is 9.80 Å². The summed E-state index contributed by atoms with van der Waals surface area (Å²) in [6.45, 7) is 0. The smallest absolute Gasteiger partial charge is 0.275 e. The number of hydrogen-bond acceptors (Lipinski definition) is 4. The third-order valence-corrected chi connectivity index (χ3v) is 5.33. The van der Waals surface area contributed by atoms with Gasteiger partial charge in [-0.3, -0.25) is 10.1 Å². The summed E-state index contributed by atoms with van der Waals surface area (Å²) in [5, 5.41) is 12.1. The molecule has 0 aliphatic heterocycles. The van der Waals surface area contributed by atoms with Gasteiger partial charge in [0.25, 0.3) is 5.69 Å². The normalized spacial score (nSPS) is 10.8. The minimum Gasteiger partial charge on any atom is -0.378 e. The lowest BCUT2D eigenvalue weighted by Gasteiger charge is -2.22. The number of rotatable bonds is 6. The summed E-state index contributed by atoms with van der Waals surface area (Å²) >= 11 is 6.51. The summed E-state index contributed by atoms with van der Waals surface area (Å²) in [5.41, 5.74) is 4.55. The van der Waals surface area contributed by atoms with E-state index in [9.17, 15) is 10.1 Å². The van der Waals surface area contributed by atoms with Crippen molar-refractivity contribution in [2.75, 3.05) is 38.0 Å². The molecule has 0 aromatic heterocycles. The van der Waals surface area contributed by atoms with Gasteiger partial charge in [-0.15, -0.1) is 0 Å². The fraction of sp³-hybridized carbons (Fsp3) is 0.217. The van der Waals surface area contributed by atoms with Crippen LogP contribution in [0.4, 0.5) is 17.1 Å². The van der Waals surface area contributed by atoms with Crippen molar-refractivity contribution in [2.24, 2.45) is 0 Å². The third kappa shape index (κ3) is 4.35. The second kappa shape index (κ2) is 8.53. The van der Waals surface area contributed by atoms with E-state index in [4.69, 9.17) is 11.6 Å². The molecule has 0 bridgehead atoms. The molecule has 5 nitrogen and oxygen atoms in total. The molecule has 0 aliphatic rings. The van der Waals surface area contributed by atoms with Crippen LogP contribution in [0, 0.1) is 10.1 Å². The van der Waals surface area contributed by atoms with Crippen molar-refractivity contribution in [2.45, 2.75) is 5.92 Å². The molecule has 3 aromatic rings. The van der Waals surface area contributed by atoms with Gasteiger partial charge in [0.1, 0.15) is 0 Å². The number of nitrogens with zero attached hydrogens (tertiary/aromatic N) is 3. The molecule has 150 valence electrons. The summed E-state index contributed by atoms with van der Waals surface area (Å²) in [5.74, 6) is -0.350. The number of halogens is 1. The highest BCUT2D eigenvalue weighted by atomic mass is 35.5. The Bertz CT molecular complexity index is 948. The molecule has 3 aromatic carbocycles. The zero-order chi connectivity index (χ0) is 21.1. The van der Waals surface area contributed by atoms with Crippen molar-refractivity contribution < 1.29 is 4.92 Å². The Morgan fingerprint density at radius 3 is 1.62 bits per heavy atom. The molecule has 0 radical (unpaired) electrons. The highest BCUT2D eigenvalue weighted by molar-refractivity contribution is 6.31. The molecule has 0 amide bonds. The zero-order valence-corrected chi connectivity index (χ0v) is 17.7. The minimum absolute atomic E-state index is 0.0240. The fourth-order valence-electron chi connectivity index (χ4n) is 3.43. The summed E-state index contributed by atoms with van der Waals surface area (Å²) in [6, 6.07) is 20.9. The van der Waals surface area contributed by atoms with E-state index < -0.39 is 0 Å². The van der Waals surface area contributed by atoms with Crippen LogP contribution < -0.4 is 9.80 Å². The molecule has 0 unspecified atom stereocenters. The van der Waals surface area contributed by atoms with Crippen LogP contribution in [0.1, 0.15) is 22.6 Å². The molecule has 3 rings (SSSR count). The van der Waals surface area contributed by atoms with Crippen molar-refractivity contribution >= 4 is 28.7 Å². The zero-order valence-electron chi connectivity index (χ0n) is 17.0. The molecule has 0 atom stereocenters. The van der Waals surface area contributed by atoms with Gasteiger partial charge in [0, 0.05) is 51.5 Å². The third-order valence-electron chi connectivity index (χ3n) is 5.00. The fourth-order valence-corrected chi connectivity index (χ4v) is 3.70. The average Bonchev–Trinajstić information content (AvgIpc) is 2.70. The molecule has 0 spiro atoms. The van der Waals surface area contributed by atoms with Gasteiger partial charge in [-0.1, -0.05) is 41.9 Å². The van der Waals surface area contributed by atoms with Crippen LogP contribution in [0.3, 0.4) is 0 Å². The van der Waals surface area contributed by atoms with Gasteiger partial charge in [-0.05, 0) is 41.5 Å². The Balaban J connectivity index is 2.21. The van der Waals surface area contributed by atoms with Crippen molar-refractivity contribution in [1.29, 1.82) is 0 Å². The SMILES string of the molecule is CN(C)c1ccc(C(c2ccc(N(C)C)cc2)c2c(Cl)cccc2[N+](=O)[O-])cc1. The summed E-state index contributed by atoms with van der Waals surface area (Å²) < 4.78 is 0. The van der Waals surface area contributed by atoms with E-state index in [1.807, 2.05) is 86.5 Å². The molecular formula is C23H24ClN3O2. The summed E-state index contributed by atoms with van der Waals surface area (Å²) in [7, 11) is 7.91. The topological polar surface area (TPSA) is 49.6 Å². The van der Waals surface area contributed by atoms with Crippen LogP contribution in [-0.4, -0.2) is 33.1 Å². The van der Waals surface area contributed by atoms with Gasteiger partial charge in [-0.2, -0.15) is 0 Å². The Labute approximate surface area is 176 Å². The Hall–Kier alpha value is -3.05. The van der Waals surface area contributed by atoms with Crippen molar-refractivity contribution in [1.82, 2.24) is 0 Å². The number of anilines is 2. The van der Waals surface area contributed by atoms with E-state index in [-0.39, 0.29) is 16.5 Å². The molecule has 0 heterocycles. The molecule has 0 fully saturated rings. The van der Waals surface area contributed by atoms with Crippen LogP contribution in [0.5, 0.6) is 0 Å². The van der Waals surface area contributed by atoms with Crippen LogP contribution in [0.25, 0.3) is 0 Å². The maximum atomic E-state index is 11.8. The van der Waals surface area contributed by atoms with Crippen LogP contribution in [0.15, 0.2) is 66.7 Å².